The van der Waals surface area contributed by atoms with Crippen LogP contribution in [0.2, 0.25) is 0 Å². The van der Waals surface area contributed by atoms with Crippen LogP contribution in [0.15, 0.2) is 79.5 Å². The molecular weight excluding hydrogens is 414 g/mol. The molecule has 7 heteroatoms. The maximum absolute atomic E-state index is 13.3. The largest absolute Gasteiger partial charge is 0.456 e. The molecular formula is C26H19N5O2. The zero-order valence-electron chi connectivity index (χ0n) is 17.7. The molecule has 0 saturated carbocycles. The van der Waals surface area contributed by atoms with E-state index in [1.54, 1.807) is 29.0 Å². The van der Waals surface area contributed by atoms with Gasteiger partial charge in [-0.15, -0.1) is 0 Å². The molecule has 7 rings (SSSR count). The molecule has 1 aromatic heterocycles. The Balaban J connectivity index is 1.56. The SMILES string of the molecule is N#Cc1ccc2cc1Oc1ccc3cccc(c3c1)N1C=CN(CC1)Cc1cncn1C2=O. The van der Waals surface area contributed by atoms with Gasteiger partial charge in [0.05, 0.1) is 24.0 Å². The van der Waals surface area contributed by atoms with Crippen molar-refractivity contribution >= 4 is 22.4 Å². The number of aromatic nitrogens is 2. The van der Waals surface area contributed by atoms with Gasteiger partial charge in [-0.2, -0.15) is 5.26 Å². The van der Waals surface area contributed by atoms with Gasteiger partial charge in [0.2, 0.25) is 0 Å². The van der Waals surface area contributed by atoms with E-state index in [1.165, 1.54) is 6.33 Å². The summed E-state index contributed by atoms with van der Waals surface area (Å²) in [6.45, 7) is 2.18. The lowest BCUT2D eigenvalue weighted by Gasteiger charge is -2.32. The molecule has 33 heavy (non-hydrogen) atoms. The molecule has 4 heterocycles. The number of rotatable bonds is 0. The van der Waals surface area contributed by atoms with Crippen LogP contribution in [0, 0.1) is 11.3 Å². The van der Waals surface area contributed by atoms with E-state index in [0.717, 1.165) is 35.2 Å². The maximum atomic E-state index is 13.3. The van der Waals surface area contributed by atoms with Crippen LogP contribution in [0.3, 0.4) is 0 Å². The molecule has 0 unspecified atom stereocenters. The van der Waals surface area contributed by atoms with Crippen LogP contribution in [0.1, 0.15) is 21.6 Å². The summed E-state index contributed by atoms with van der Waals surface area (Å²) < 4.78 is 7.71. The summed E-state index contributed by atoms with van der Waals surface area (Å²) in [7, 11) is 0. The third-order valence-electron chi connectivity index (χ3n) is 6.10. The minimum absolute atomic E-state index is 0.215. The quantitative estimate of drug-likeness (QED) is 0.407. The minimum Gasteiger partial charge on any atom is -0.456 e. The number of fused-ring (bicyclic) bond motifs is 1. The Bertz CT molecular complexity index is 1480. The van der Waals surface area contributed by atoms with Crippen LogP contribution >= 0.6 is 0 Å². The monoisotopic (exact) mass is 433 g/mol. The molecule has 4 aromatic rings. The number of benzene rings is 3. The second kappa shape index (κ2) is 7.53. The van der Waals surface area contributed by atoms with Crippen LogP contribution in [0.5, 0.6) is 11.5 Å². The fourth-order valence-electron chi connectivity index (χ4n) is 4.37. The van der Waals surface area contributed by atoms with E-state index < -0.39 is 0 Å². The first-order valence-electron chi connectivity index (χ1n) is 10.7. The molecule has 3 aliphatic rings. The van der Waals surface area contributed by atoms with Crippen LogP contribution in [0.25, 0.3) is 10.8 Å². The van der Waals surface area contributed by atoms with E-state index in [-0.39, 0.29) is 5.91 Å². The van der Waals surface area contributed by atoms with Gasteiger partial charge in [0.1, 0.15) is 23.9 Å². The van der Waals surface area contributed by atoms with Crippen LogP contribution < -0.4 is 9.64 Å². The Morgan fingerprint density at radius 2 is 1.97 bits per heavy atom. The minimum atomic E-state index is -0.215. The molecule has 3 aromatic carbocycles. The van der Waals surface area contributed by atoms with Crippen LogP contribution in [0.4, 0.5) is 5.69 Å². The molecule has 7 nitrogen and oxygen atoms in total. The number of nitrogens with zero attached hydrogens (tertiary/aromatic N) is 5. The zero-order valence-corrected chi connectivity index (χ0v) is 17.7. The maximum Gasteiger partial charge on any atom is 0.263 e. The van der Waals surface area contributed by atoms with E-state index in [9.17, 15) is 10.1 Å². The van der Waals surface area contributed by atoms with Crippen molar-refractivity contribution in [2.45, 2.75) is 6.54 Å². The molecule has 160 valence electrons. The average molecular weight is 433 g/mol. The van der Waals surface area contributed by atoms with Crippen molar-refractivity contribution in [2.75, 3.05) is 18.0 Å². The molecule has 0 saturated heterocycles. The van der Waals surface area contributed by atoms with Crippen molar-refractivity contribution in [2.24, 2.45) is 0 Å². The smallest absolute Gasteiger partial charge is 0.263 e. The van der Waals surface area contributed by atoms with Gasteiger partial charge in [-0.25, -0.2) is 4.98 Å². The number of hydrogen-bond donors (Lipinski definition) is 0. The summed E-state index contributed by atoms with van der Waals surface area (Å²) in [6, 6.07) is 19.2. The summed E-state index contributed by atoms with van der Waals surface area (Å²) in [5.41, 5.74) is 2.68. The number of nitriles is 1. The number of anilines is 1. The van der Waals surface area contributed by atoms with Crippen molar-refractivity contribution in [3.8, 4) is 17.6 Å². The number of imidazole rings is 1. The van der Waals surface area contributed by atoms with Crippen molar-refractivity contribution in [1.82, 2.24) is 14.5 Å². The molecule has 6 bridgehead atoms. The lowest BCUT2D eigenvalue weighted by molar-refractivity contribution is 0.0954. The molecule has 0 amide bonds. The molecule has 0 fully saturated rings. The average Bonchev–Trinajstić information content (AvgIpc) is 3.31. The highest BCUT2D eigenvalue weighted by Gasteiger charge is 2.20. The Hall–Kier alpha value is -4.57. The Kier molecular flexibility index (Phi) is 4.37. The summed E-state index contributed by atoms with van der Waals surface area (Å²) in [5, 5.41) is 11.8. The fourth-order valence-corrected chi connectivity index (χ4v) is 4.37. The molecule has 0 atom stereocenters. The Morgan fingerprint density at radius 1 is 1.03 bits per heavy atom. The predicted octanol–water partition coefficient (Wildman–Crippen LogP) is 4.50. The zero-order chi connectivity index (χ0) is 22.4. The molecule has 0 radical (unpaired) electrons. The van der Waals surface area contributed by atoms with E-state index in [4.69, 9.17) is 4.74 Å². The molecule has 3 aliphatic heterocycles. The first-order chi connectivity index (χ1) is 16.2. The number of carbonyl (C=O) groups excluding carboxylic acids is 1. The van der Waals surface area contributed by atoms with Gasteiger partial charge in [0, 0.05) is 42.1 Å². The number of ether oxygens (including phenoxy) is 1. The fraction of sp³-hybridized carbons (Fsp3) is 0.115. The van der Waals surface area contributed by atoms with Crippen molar-refractivity contribution in [1.29, 1.82) is 5.26 Å². The first kappa shape index (κ1) is 19.1. The van der Waals surface area contributed by atoms with Crippen molar-refractivity contribution in [3.63, 3.8) is 0 Å². The topological polar surface area (TPSA) is 74.4 Å². The summed E-state index contributed by atoms with van der Waals surface area (Å²) >= 11 is 0. The third kappa shape index (κ3) is 3.29. The normalized spacial score (nSPS) is 14.9. The van der Waals surface area contributed by atoms with E-state index in [2.05, 4.69) is 51.5 Å². The predicted molar refractivity (Wildman–Crippen MR) is 124 cm³/mol. The van der Waals surface area contributed by atoms with Gasteiger partial charge >= 0.3 is 0 Å². The number of hydrogen-bond acceptors (Lipinski definition) is 6. The molecule has 0 spiro atoms. The van der Waals surface area contributed by atoms with Gasteiger partial charge in [0.15, 0.2) is 0 Å². The van der Waals surface area contributed by atoms with Gasteiger partial charge < -0.3 is 14.5 Å². The van der Waals surface area contributed by atoms with E-state index >= 15 is 0 Å². The number of carbonyl (C=O) groups is 1. The van der Waals surface area contributed by atoms with Gasteiger partial charge in [-0.3, -0.25) is 9.36 Å². The third-order valence-corrected chi connectivity index (χ3v) is 6.10. The van der Waals surface area contributed by atoms with E-state index in [1.807, 2.05) is 18.2 Å². The lowest BCUT2D eigenvalue weighted by atomic mass is 10.1. The van der Waals surface area contributed by atoms with Crippen LogP contribution in [-0.4, -0.2) is 33.4 Å². The van der Waals surface area contributed by atoms with Gasteiger partial charge in [0.25, 0.3) is 5.91 Å². The Morgan fingerprint density at radius 3 is 2.82 bits per heavy atom. The second-order valence-corrected chi connectivity index (χ2v) is 8.11. The Labute approximate surface area is 190 Å². The van der Waals surface area contributed by atoms with Crippen molar-refractivity contribution in [3.05, 3.63) is 96.3 Å². The summed E-state index contributed by atoms with van der Waals surface area (Å²) in [5.74, 6) is 0.737. The standard InChI is InChI=1S/C26H19N5O2/c27-14-20-5-4-19-12-25(20)33-22-7-6-18-2-1-3-24(23(18)13-22)30-10-8-29(9-11-30)16-21-15-28-17-31(21)26(19)32/h1-8,10,12-13,15,17H,9,11,16H2. The lowest BCUT2D eigenvalue weighted by Crippen LogP contribution is -2.35. The van der Waals surface area contributed by atoms with Gasteiger partial charge in [-0.05, 0) is 41.8 Å². The van der Waals surface area contributed by atoms with Crippen LogP contribution in [-0.2, 0) is 6.54 Å². The first-order valence-corrected chi connectivity index (χ1v) is 10.7. The van der Waals surface area contributed by atoms with Gasteiger partial charge in [-0.1, -0.05) is 18.2 Å². The highest BCUT2D eigenvalue weighted by Crippen LogP contribution is 2.34. The van der Waals surface area contributed by atoms with Crippen molar-refractivity contribution < 1.29 is 9.53 Å². The highest BCUT2D eigenvalue weighted by molar-refractivity contribution is 5.97. The molecule has 0 aliphatic carbocycles. The summed E-state index contributed by atoms with van der Waals surface area (Å²) in [4.78, 5) is 21.9. The highest BCUT2D eigenvalue weighted by atomic mass is 16.5. The second-order valence-electron chi connectivity index (χ2n) is 8.11. The molecule has 0 N–H and O–H groups in total. The van der Waals surface area contributed by atoms with E-state index in [0.29, 0.717) is 29.2 Å². The summed E-state index contributed by atoms with van der Waals surface area (Å²) in [6.07, 6.45) is 7.37.